The van der Waals surface area contributed by atoms with Gasteiger partial charge in [-0.15, -0.1) is 0 Å². The van der Waals surface area contributed by atoms with E-state index in [1.165, 1.54) is 38.5 Å². The van der Waals surface area contributed by atoms with Crippen LogP contribution in [0.5, 0.6) is 0 Å². The van der Waals surface area contributed by atoms with Gasteiger partial charge in [-0.3, -0.25) is 0 Å². The van der Waals surface area contributed by atoms with E-state index < -0.39 is 0 Å². The summed E-state index contributed by atoms with van der Waals surface area (Å²) in [5.74, 6) is 1.21. The van der Waals surface area contributed by atoms with Crippen molar-refractivity contribution in [3.05, 3.63) is 0 Å². The molecule has 1 nitrogen and oxygen atoms in total. The summed E-state index contributed by atoms with van der Waals surface area (Å²) in [5, 5.41) is 0. The van der Waals surface area contributed by atoms with Crippen molar-refractivity contribution in [3.8, 4) is 0 Å². The molecule has 1 saturated carbocycles. The predicted molar refractivity (Wildman–Crippen MR) is 46.4 cm³/mol. The summed E-state index contributed by atoms with van der Waals surface area (Å²) in [7, 11) is 0. The van der Waals surface area contributed by atoms with Crippen molar-refractivity contribution in [2.24, 2.45) is 11.8 Å². The van der Waals surface area contributed by atoms with Crippen LogP contribution in [0.15, 0.2) is 0 Å². The highest BCUT2D eigenvalue weighted by molar-refractivity contribution is 5.58. The maximum Gasteiger partial charge on any atom is 0.123 e. The highest BCUT2D eigenvalue weighted by Crippen LogP contribution is 2.40. The molecule has 2 atom stereocenters. The van der Waals surface area contributed by atoms with E-state index >= 15 is 0 Å². The molecule has 0 N–H and O–H groups in total. The van der Waals surface area contributed by atoms with Crippen molar-refractivity contribution in [1.29, 1.82) is 0 Å². The Balaban J connectivity index is 1.85. The highest BCUT2D eigenvalue weighted by atomic mass is 16.1. The first-order valence-electron chi connectivity index (χ1n) is 4.83. The van der Waals surface area contributed by atoms with E-state index in [2.05, 4.69) is 6.92 Å². The van der Waals surface area contributed by atoms with Crippen LogP contribution < -0.4 is 0 Å². The Kier molecular flexibility index (Phi) is 3.61. The molecule has 0 saturated heterocycles. The number of unbranched alkanes of at least 4 members (excludes halogenated alkanes) is 3. The lowest BCUT2D eigenvalue weighted by molar-refractivity contribution is -0.109. The van der Waals surface area contributed by atoms with Crippen molar-refractivity contribution in [1.82, 2.24) is 0 Å². The third-order valence-corrected chi connectivity index (χ3v) is 2.58. The van der Waals surface area contributed by atoms with Gasteiger partial charge in [0.05, 0.1) is 0 Å². The molecule has 1 aliphatic rings. The lowest BCUT2D eigenvalue weighted by Crippen LogP contribution is -1.84. The van der Waals surface area contributed by atoms with E-state index in [9.17, 15) is 4.79 Å². The van der Waals surface area contributed by atoms with Crippen molar-refractivity contribution in [3.63, 3.8) is 0 Å². The highest BCUT2D eigenvalue weighted by Gasteiger charge is 2.35. The average molecular weight is 154 g/mol. The third-order valence-electron chi connectivity index (χ3n) is 2.58. The molecule has 64 valence electrons. The summed E-state index contributed by atoms with van der Waals surface area (Å²) >= 11 is 0. The van der Waals surface area contributed by atoms with E-state index in [1.54, 1.807) is 0 Å². The largest absolute Gasteiger partial charge is 0.303 e. The van der Waals surface area contributed by atoms with Gasteiger partial charge in [0.1, 0.15) is 6.29 Å². The molecule has 0 aromatic heterocycles. The summed E-state index contributed by atoms with van der Waals surface area (Å²) in [6.07, 6.45) is 8.96. The summed E-state index contributed by atoms with van der Waals surface area (Å²) in [4.78, 5) is 10.3. The Morgan fingerprint density at radius 3 is 2.73 bits per heavy atom. The van der Waals surface area contributed by atoms with Gasteiger partial charge in [0.2, 0.25) is 0 Å². The van der Waals surface area contributed by atoms with Gasteiger partial charge < -0.3 is 4.79 Å². The van der Waals surface area contributed by atoms with Crippen molar-refractivity contribution in [2.45, 2.75) is 45.4 Å². The van der Waals surface area contributed by atoms with E-state index in [-0.39, 0.29) is 0 Å². The zero-order valence-electron chi connectivity index (χ0n) is 7.38. The minimum Gasteiger partial charge on any atom is -0.303 e. The molecule has 0 unspecified atom stereocenters. The van der Waals surface area contributed by atoms with Crippen LogP contribution in [0.3, 0.4) is 0 Å². The minimum atomic E-state index is 0.441. The number of carbonyl (C=O) groups excluding carboxylic acids is 1. The van der Waals surface area contributed by atoms with E-state index in [0.29, 0.717) is 5.92 Å². The van der Waals surface area contributed by atoms with Gasteiger partial charge in [-0.1, -0.05) is 32.6 Å². The summed E-state index contributed by atoms with van der Waals surface area (Å²) < 4.78 is 0. The Morgan fingerprint density at radius 2 is 2.18 bits per heavy atom. The number of hydrogen-bond acceptors (Lipinski definition) is 1. The standard InChI is InChI=1S/C10H18O/c1-2-3-4-5-6-9-7-10(9)8-11/h8-10H,2-7H2,1H3/t9-,10-/m0/s1. The fourth-order valence-electron chi connectivity index (χ4n) is 1.60. The maximum atomic E-state index is 10.3. The molecular weight excluding hydrogens is 136 g/mol. The second-order valence-corrected chi connectivity index (χ2v) is 3.65. The van der Waals surface area contributed by atoms with Crippen molar-refractivity contribution >= 4 is 6.29 Å². The van der Waals surface area contributed by atoms with Gasteiger partial charge in [0.25, 0.3) is 0 Å². The van der Waals surface area contributed by atoms with E-state index in [1.807, 2.05) is 0 Å². The van der Waals surface area contributed by atoms with Crippen LogP contribution in [0.25, 0.3) is 0 Å². The SMILES string of the molecule is CCCCCC[C@H]1C[C@H]1C=O. The van der Waals surface area contributed by atoms with Crippen molar-refractivity contribution < 1.29 is 4.79 Å². The maximum absolute atomic E-state index is 10.3. The molecule has 0 radical (unpaired) electrons. The van der Waals surface area contributed by atoms with E-state index in [0.717, 1.165) is 12.2 Å². The van der Waals surface area contributed by atoms with Gasteiger partial charge in [0.15, 0.2) is 0 Å². The van der Waals surface area contributed by atoms with Gasteiger partial charge in [-0.2, -0.15) is 0 Å². The molecule has 1 aliphatic carbocycles. The molecule has 0 spiro atoms. The number of rotatable bonds is 6. The topological polar surface area (TPSA) is 17.1 Å². The molecule has 0 heterocycles. The molecule has 0 aliphatic heterocycles. The smallest absolute Gasteiger partial charge is 0.123 e. The average Bonchev–Trinajstić information content (AvgIpc) is 2.77. The summed E-state index contributed by atoms with van der Waals surface area (Å²) in [6.45, 7) is 2.23. The van der Waals surface area contributed by atoms with Crippen LogP contribution in [0.4, 0.5) is 0 Å². The lowest BCUT2D eigenvalue weighted by atomic mass is 10.1. The summed E-state index contributed by atoms with van der Waals surface area (Å²) in [6, 6.07) is 0. The fraction of sp³-hybridized carbons (Fsp3) is 0.900. The van der Waals surface area contributed by atoms with Crippen LogP contribution in [0.1, 0.15) is 45.4 Å². The Morgan fingerprint density at radius 1 is 1.36 bits per heavy atom. The molecule has 11 heavy (non-hydrogen) atoms. The molecule has 1 fully saturated rings. The normalized spacial score (nSPS) is 28.5. The lowest BCUT2D eigenvalue weighted by Gasteiger charge is -1.96. The number of hydrogen-bond donors (Lipinski definition) is 0. The van der Waals surface area contributed by atoms with Crippen LogP contribution in [-0.4, -0.2) is 6.29 Å². The molecular formula is C10H18O. The molecule has 1 heteroatoms. The van der Waals surface area contributed by atoms with Crippen molar-refractivity contribution in [2.75, 3.05) is 0 Å². The third kappa shape index (κ3) is 3.04. The first kappa shape index (κ1) is 8.76. The zero-order valence-corrected chi connectivity index (χ0v) is 7.38. The van der Waals surface area contributed by atoms with Crippen LogP contribution >= 0.6 is 0 Å². The molecule has 0 bridgehead atoms. The van der Waals surface area contributed by atoms with Gasteiger partial charge >= 0.3 is 0 Å². The monoisotopic (exact) mass is 154 g/mol. The zero-order chi connectivity index (χ0) is 8.10. The second kappa shape index (κ2) is 4.53. The fourth-order valence-corrected chi connectivity index (χ4v) is 1.60. The van der Waals surface area contributed by atoms with Crippen LogP contribution in [0.2, 0.25) is 0 Å². The second-order valence-electron chi connectivity index (χ2n) is 3.65. The molecule has 0 aromatic carbocycles. The van der Waals surface area contributed by atoms with Gasteiger partial charge in [-0.25, -0.2) is 0 Å². The first-order chi connectivity index (χ1) is 5.38. The minimum absolute atomic E-state index is 0.441. The quantitative estimate of drug-likeness (QED) is 0.424. The van der Waals surface area contributed by atoms with Gasteiger partial charge in [0, 0.05) is 5.92 Å². The number of aldehydes is 1. The first-order valence-corrected chi connectivity index (χ1v) is 4.83. The Labute approximate surface area is 69.2 Å². The van der Waals surface area contributed by atoms with E-state index in [4.69, 9.17) is 0 Å². The van der Waals surface area contributed by atoms with Crippen LogP contribution in [0, 0.1) is 11.8 Å². The summed E-state index contributed by atoms with van der Waals surface area (Å²) in [5.41, 5.74) is 0. The Hall–Kier alpha value is -0.330. The Bertz CT molecular complexity index is 120. The predicted octanol–water partition coefficient (Wildman–Crippen LogP) is 2.79. The van der Waals surface area contributed by atoms with Crippen LogP contribution in [-0.2, 0) is 4.79 Å². The number of carbonyl (C=O) groups is 1. The molecule has 0 aromatic rings. The van der Waals surface area contributed by atoms with Gasteiger partial charge in [-0.05, 0) is 18.8 Å². The molecule has 0 amide bonds. The molecule has 1 rings (SSSR count).